The third-order valence-electron chi connectivity index (χ3n) is 8.27. The van der Waals surface area contributed by atoms with Gasteiger partial charge in [-0.15, -0.1) is 0 Å². The van der Waals surface area contributed by atoms with Crippen molar-refractivity contribution in [1.29, 1.82) is 0 Å². The standard InChI is InChI=1S/C30H38O4/c1-19(2)14-15-22-18-30(17-16-20(3)4)25(32)23(24(31)21-12-10-9-11-13-21)26(34-8)29(7,27(30)33)28(22,5)6/h9-14,16,22H,15,17-18H2,1-8H3/t22-,29+,30-/m0/s1. The average molecular weight is 463 g/mol. The third kappa shape index (κ3) is 3.81. The van der Waals surface area contributed by atoms with Gasteiger partial charge >= 0.3 is 0 Å². The van der Waals surface area contributed by atoms with Crippen LogP contribution in [-0.4, -0.2) is 24.5 Å². The van der Waals surface area contributed by atoms with E-state index in [1.165, 1.54) is 12.7 Å². The second kappa shape index (κ2) is 9.13. The Kier molecular flexibility index (Phi) is 6.94. The molecular formula is C30H38O4. The summed E-state index contributed by atoms with van der Waals surface area (Å²) in [6.07, 6.45) is 5.64. The van der Waals surface area contributed by atoms with Gasteiger partial charge in [0, 0.05) is 5.56 Å². The van der Waals surface area contributed by atoms with E-state index in [1.807, 2.05) is 32.9 Å². The SMILES string of the molecule is COC1=C(C(=O)c2ccccc2)C(=O)[C@]2(CC=C(C)C)C[C@H](CC=C(C)C)C(C)(C)[C@@]1(C)C2=O. The Morgan fingerprint density at radius 1 is 1.00 bits per heavy atom. The van der Waals surface area contributed by atoms with Crippen molar-refractivity contribution in [1.82, 2.24) is 0 Å². The average Bonchev–Trinajstić information content (AvgIpc) is 2.79. The molecule has 34 heavy (non-hydrogen) atoms. The minimum atomic E-state index is -1.27. The zero-order valence-corrected chi connectivity index (χ0v) is 21.9. The van der Waals surface area contributed by atoms with Gasteiger partial charge in [-0.3, -0.25) is 14.4 Å². The zero-order chi connectivity index (χ0) is 25.5. The molecule has 4 nitrogen and oxygen atoms in total. The Labute approximate surface area is 204 Å². The first-order chi connectivity index (χ1) is 15.8. The van der Waals surface area contributed by atoms with Gasteiger partial charge in [0.25, 0.3) is 0 Å². The molecule has 0 amide bonds. The molecule has 2 bridgehead atoms. The number of carbonyl (C=O) groups is 3. The molecule has 1 aromatic rings. The van der Waals surface area contributed by atoms with Crippen molar-refractivity contribution in [2.75, 3.05) is 7.11 Å². The molecule has 2 aliphatic rings. The first kappa shape index (κ1) is 25.9. The smallest absolute Gasteiger partial charge is 0.200 e. The van der Waals surface area contributed by atoms with Crippen LogP contribution in [0.15, 0.2) is 65.0 Å². The van der Waals surface area contributed by atoms with Crippen molar-refractivity contribution in [3.63, 3.8) is 0 Å². The normalized spacial score (nSPS) is 27.8. The molecule has 0 aromatic heterocycles. The number of methoxy groups -OCH3 is 1. The van der Waals surface area contributed by atoms with Gasteiger partial charge < -0.3 is 4.74 Å². The van der Waals surface area contributed by atoms with Gasteiger partial charge in [-0.2, -0.15) is 0 Å². The van der Waals surface area contributed by atoms with Crippen LogP contribution >= 0.6 is 0 Å². The highest BCUT2D eigenvalue weighted by Crippen LogP contribution is 2.65. The molecule has 0 heterocycles. The molecule has 0 spiro atoms. The fourth-order valence-corrected chi connectivity index (χ4v) is 5.78. The molecule has 182 valence electrons. The molecule has 0 N–H and O–H groups in total. The van der Waals surface area contributed by atoms with Crippen molar-refractivity contribution in [2.45, 2.75) is 67.7 Å². The zero-order valence-electron chi connectivity index (χ0n) is 21.9. The van der Waals surface area contributed by atoms with E-state index < -0.39 is 22.0 Å². The van der Waals surface area contributed by atoms with E-state index in [0.29, 0.717) is 18.4 Å². The summed E-state index contributed by atoms with van der Waals surface area (Å²) in [7, 11) is 1.47. The van der Waals surface area contributed by atoms with Crippen molar-refractivity contribution < 1.29 is 19.1 Å². The van der Waals surface area contributed by atoms with Crippen molar-refractivity contribution in [3.8, 4) is 0 Å². The second-order valence-electron chi connectivity index (χ2n) is 11.1. The van der Waals surface area contributed by atoms with Crippen LogP contribution in [0.5, 0.6) is 0 Å². The van der Waals surface area contributed by atoms with E-state index in [-0.39, 0.29) is 28.8 Å². The molecule has 1 aromatic carbocycles. The summed E-state index contributed by atoms with van der Waals surface area (Å²) in [5.41, 5.74) is -0.208. The lowest BCUT2D eigenvalue weighted by atomic mass is 9.41. The molecule has 0 unspecified atom stereocenters. The van der Waals surface area contributed by atoms with Gasteiger partial charge in [0.15, 0.2) is 17.3 Å². The summed E-state index contributed by atoms with van der Waals surface area (Å²) in [5, 5.41) is 0. The van der Waals surface area contributed by atoms with E-state index in [2.05, 4.69) is 33.8 Å². The van der Waals surface area contributed by atoms with Gasteiger partial charge in [-0.05, 0) is 65.2 Å². The summed E-state index contributed by atoms with van der Waals surface area (Å²) in [5.74, 6) is -0.603. The van der Waals surface area contributed by atoms with Crippen LogP contribution in [0.1, 0.15) is 78.1 Å². The topological polar surface area (TPSA) is 60.4 Å². The van der Waals surface area contributed by atoms with Gasteiger partial charge in [0.1, 0.15) is 11.3 Å². The molecule has 1 saturated carbocycles. The lowest BCUT2D eigenvalue weighted by Crippen LogP contribution is -2.65. The molecular weight excluding hydrogens is 424 g/mol. The number of Topliss-reactive ketones (excluding diaryl/α,β-unsaturated/α-hetero) is 3. The van der Waals surface area contributed by atoms with E-state index in [0.717, 1.165) is 12.0 Å². The molecule has 3 atom stereocenters. The summed E-state index contributed by atoms with van der Waals surface area (Å²) in [6.45, 7) is 14.1. The maximum Gasteiger partial charge on any atom is 0.200 e. The van der Waals surface area contributed by atoms with Crippen molar-refractivity contribution in [2.24, 2.45) is 22.2 Å². The quantitative estimate of drug-likeness (QED) is 0.196. The predicted molar refractivity (Wildman–Crippen MR) is 135 cm³/mol. The number of fused-ring (bicyclic) bond motifs is 2. The minimum Gasteiger partial charge on any atom is -0.499 e. The maximum atomic E-state index is 14.4. The summed E-state index contributed by atoms with van der Waals surface area (Å²) < 4.78 is 5.84. The molecule has 4 heteroatoms. The number of ketones is 3. The van der Waals surface area contributed by atoms with Crippen LogP contribution in [0, 0.1) is 22.2 Å². The Bertz CT molecular complexity index is 1090. The number of benzene rings is 1. The molecule has 2 aliphatic carbocycles. The van der Waals surface area contributed by atoms with E-state index in [9.17, 15) is 14.4 Å². The number of carbonyl (C=O) groups excluding carboxylic acids is 3. The Morgan fingerprint density at radius 2 is 1.59 bits per heavy atom. The highest BCUT2D eigenvalue weighted by molar-refractivity contribution is 6.34. The van der Waals surface area contributed by atoms with Crippen LogP contribution < -0.4 is 0 Å². The number of rotatable bonds is 7. The first-order valence-corrected chi connectivity index (χ1v) is 12.1. The predicted octanol–water partition coefficient (Wildman–Crippen LogP) is 6.67. The maximum absolute atomic E-state index is 14.4. The molecule has 0 aliphatic heterocycles. The highest BCUT2D eigenvalue weighted by Gasteiger charge is 2.70. The van der Waals surface area contributed by atoms with Crippen LogP contribution in [0.2, 0.25) is 0 Å². The Balaban J connectivity index is 2.35. The number of ether oxygens (including phenoxy) is 1. The summed E-state index contributed by atoms with van der Waals surface area (Å²) >= 11 is 0. The van der Waals surface area contributed by atoms with Gasteiger partial charge in [-0.25, -0.2) is 0 Å². The van der Waals surface area contributed by atoms with Gasteiger partial charge in [0.05, 0.1) is 17.9 Å². The van der Waals surface area contributed by atoms with Crippen molar-refractivity contribution in [3.05, 3.63) is 70.5 Å². The van der Waals surface area contributed by atoms with Gasteiger partial charge in [0.2, 0.25) is 0 Å². The van der Waals surface area contributed by atoms with Crippen LogP contribution in [0.4, 0.5) is 0 Å². The summed E-state index contributed by atoms with van der Waals surface area (Å²) in [4.78, 5) is 42.4. The summed E-state index contributed by atoms with van der Waals surface area (Å²) in [6, 6.07) is 8.79. The molecule has 1 fully saturated rings. The highest BCUT2D eigenvalue weighted by atomic mass is 16.5. The third-order valence-corrected chi connectivity index (χ3v) is 8.27. The minimum absolute atomic E-state index is 0.0340. The molecule has 0 saturated heterocycles. The Morgan fingerprint density at radius 3 is 2.12 bits per heavy atom. The number of allylic oxidation sites excluding steroid dienone is 6. The van der Waals surface area contributed by atoms with E-state index in [1.54, 1.807) is 24.3 Å². The van der Waals surface area contributed by atoms with Crippen LogP contribution in [0.3, 0.4) is 0 Å². The number of hydrogen-bond acceptors (Lipinski definition) is 4. The second-order valence-corrected chi connectivity index (χ2v) is 11.1. The van der Waals surface area contributed by atoms with E-state index >= 15 is 0 Å². The lowest BCUT2D eigenvalue weighted by Gasteiger charge is -2.59. The Hall–Kier alpha value is -2.75. The lowest BCUT2D eigenvalue weighted by molar-refractivity contribution is -0.168. The monoisotopic (exact) mass is 462 g/mol. The fraction of sp³-hybridized carbons (Fsp3) is 0.500. The van der Waals surface area contributed by atoms with Crippen LogP contribution in [0.25, 0.3) is 0 Å². The first-order valence-electron chi connectivity index (χ1n) is 12.1. The van der Waals surface area contributed by atoms with Crippen LogP contribution in [-0.2, 0) is 14.3 Å². The largest absolute Gasteiger partial charge is 0.499 e. The fourth-order valence-electron chi connectivity index (χ4n) is 5.78. The molecule has 0 radical (unpaired) electrons. The van der Waals surface area contributed by atoms with Crippen molar-refractivity contribution >= 4 is 17.3 Å². The van der Waals surface area contributed by atoms with E-state index in [4.69, 9.17) is 4.74 Å². The number of hydrogen-bond donors (Lipinski definition) is 0. The van der Waals surface area contributed by atoms with Gasteiger partial charge in [-0.1, -0.05) is 67.5 Å². The molecule has 3 rings (SSSR count).